The maximum Gasteiger partial charge on any atom is 0.258 e. The predicted octanol–water partition coefficient (Wildman–Crippen LogP) is 4.27. The molecule has 3 heterocycles. The third kappa shape index (κ3) is 4.71. The molecule has 0 spiro atoms. The second-order valence-corrected chi connectivity index (χ2v) is 8.01. The molecule has 0 unspecified atom stereocenters. The minimum Gasteiger partial charge on any atom is -0.324 e. The van der Waals surface area contributed by atoms with Crippen LogP contribution >= 0.6 is 0 Å². The molecule has 9 heteroatoms. The van der Waals surface area contributed by atoms with E-state index in [1.165, 1.54) is 12.2 Å². The molecule has 0 fully saturated rings. The summed E-state index contributed by atoms with van der Waals surface area (Å²) in [6, 6.07) is 17.3. The molecule has 0 bridgehead atoms. The number of carbonyl (C=O) groups is 3. The highest BCUT2D eigenvalue weighted by Crippen LogP contribution is 2.25. The number of nitrogens with one attached hydrogen (secondary N) is 2. The van der Waals surface area contributed by atoms with Crippen LogP contribution in [0.5, 0.6) is 0 Å². The molecule has 3 amide bonds. The van der Waals surface area contributed by atoms with Crippen molar-refractivity contribution in [3.8, 4) is 11.3 Å². The number of amides is 3. The molecule has 4 aromatic rings. The molecule has 36 heavy (non-hydrogen) atoms. The maximum atomic E-state index is 12.8. The average Bonchev–Trinajstić information content (AvgIpc) is 3.24. The quantitative estimate of drug-likeness (QED) is 0.399. The number of aromatic nitrogens is 3. The lowest BCUT2D eigenvalue weighted by Gasteiger charge is -2.14. The number of hydrogen-bond acceptors (Lipinski definition) is 7. The molecule has 176 valence electrons. The first-order valence-corrected chi connectivity index (χ1v) is 11.1. The molecule has 5 rings (SSSR count). The Hall–Kier alpha value is -5.18. The van der Waals surface area contributed by atoms with Crippen molar-refractivity contribution in [3.05, 3.63) is 103 Å². The van der Waals surface area contributed by atoms with Crippen molar-refractivity contribution < 1.29 is 14.4 Å². The van der Waals surface area contributed by atoms with E-state index < -0.39 is 11.8 Å². The van der Waals surface area contributed by atoms with Crippen molar-refractivity contribution in [3.63, 3.8) is 0 Å². The van der Waals surface area contributed by atoms with Crippen LogP contribution < -0.4 is 15.5 Å². The monoisotopic (exact) mass is 476 g/mol. The van der Waals surface area contributed by atoms with E-state index in [1.54, 1.807) is 55.0 Å². The molecule has 0 aliphatic carbocycles. The lowest BCUT2D eigenvalue weighted by molar-refractivity contribution is -0.119. The lowest BCUT2D eigenvalue weighted by atomic mass is 10.1. The highest BCUT2D eigenvalue weighted by molar-refractivity contribution is 6.28. The number of hydrogen-bond donors (Lipinski definition) is 2. The number of benzene rings is 2. The van der Waals surface area contributed by atoms with Gasteiger partial charge < -0.3 is 10.6 Å². The van der Waals surface area contributed by atoms with Crippen LogP contribution in [0.1, 0.15) is 15.9 Å². The fraction of sp³-hybridized carbons (Fsp3) is 0.0370. The Morgan fingerprint density at radius 2 is 1.69 bits per heavy atom. The molecular formula is C27H20N6O3. The van der Waals surface area contributed by atoms with Crippen molar-refractivity contribution in [1.82, 2.24) is 15.0 Å². The van der Waals surface area contributed by atoms with Gasteiger partial charge in [-0.25, -0.2) is 14.9 Å². The molecule has 0 atom stereocenters. The largest absolute Gasteiger partial charge is 0.324 e. The van der Waals surface area contributed by atoms with E-state index >= 15 is 0 Å². The Bertz CT molecular complexity index is 1480. The van der Waals surface area contributed by atoms with Crippen LogP contribution in [-0.4, -0.2) is 32.7 Å². The molecule has 0 radical (unpaired) electrons. The van der Waals surface area contributed by atoms with Crippen molar-refractivity contribution in [2.75, 3.05) is 15.5 Å². The van der Waals surface area contributed by atoms with Crippen LogP contribution in [0.2, 0.25) is 0 Å². The standard InChI is InChI=1S/C27H20N6O3/c1-17-4-7-20(15-23(17)32-27-29-14-12-22(31-27)19-3-2-13-28-16-19)30-26(36)18-5-8-21(9-6-18)33-24(34)10-11-25(33)35/h2-16H,1H3,(H,30,36)(H,29,31,32). The summed E-state index contributed by atoms with van der Waals surface area (Å²) in [6.45, 7) is 1.94. The van der Waals surface area contributed by atoms with Gasteiger partial charge in [-0.1, -0.05) is 6.07 Å². The topological polar surface area (TPSA) is 117 Å². The summed E-state index contributed by atoms with van der Waals surface area (Å²) in [5.74, 6) is -0.735. The van der Waals surface area contributed by atoms with E-state index in [-0.39, 0.29) is 5.91 Å². The fourth-order valence-electron chi connectivity index (χ4n) is 3.67. The minimum atomic E-state index is -0.410. The molecular weight excluding hydrogens is 456 g/mol. The highest BCUT2D eigenvalue weighted by atomic mass is 16.2. The first kappa shape index (κ1) is 22.6. The number of anilines is 4. The van der Waals surface area contributed by atoms with Crippen LogP contribution in [0.25, 0.3) is 11.3 Å². The Morgan fingerprint density at radius 3 is 2.42 bits per heavy atom. The number of carbonyl (C=O) groups excluding carboxylic acids is 3. The Kier molecular flexibility index (Phi) is 6.02. The average molecular weight is 476 g/mol. The summed E-state index contributed by atoms with van der Waals surface area (Å²) in [5.41, 5.74) is 4.66. The summed E-state index contributed by atoms with van der Waals surface area (Å²) >= 11 is 0. The van der Waals surface area contributed by atoms with Gasteiger partial charge in [-0.05, 0) is 67.1 Å². The van der Waals surface area contributed by atoms with Crippen LogP contribution in [0.15, 0.2) is 91.4 Å². The van der Waals surface area contributed by atoms with Crippen LogP contribution in [0.3, 0.4) is 0 Å². The summed E-state index contributed by atoms with van der Waals surface area (Å²) in [4.78, 5) is 50.5. The maximum absolute atomic E-state index is 12.8. The fourth-order valence-corrected chi connectivity index (χ4v) is 3.67. The van der Waals surface area contributed by atoms with Gasteiger partial charge in [0.05, 0.1) is 11.4 Å². The van der Waals surface area contributed by atoms with Gasteiger partial charge in [0.15, 0.2) is 0 Å². The third-order valence-corrected chi connectivity index (χ3v) is 5.55. The predicted molar refractivity (Wildman–Crippen MR) is 136 cm³/mol. The van der Waals surface area contributed by atoms with Gasteiger partial charge in [0.2, 0.25) is 5.95 Å². The van der Waals surface area contributed by atoms with E-state index in [9.17, 15) is 14.4 Å². The molecule has 9 nitrogen and oxygen atoms in total. The van der Waals surface area contributed by atoms with E-state index in [2.05, 4.69) is 25.6 Å². The molecule has 0 saturated heterocycles. The Balaban J connectivity index is 1.30. The highest BCUT2D eigenvalue weighted by Gasteiger charge is 2.25. The summed E-state index contributed by atoms with van der Waals surface area (Å²) in [6.07, 6.45) is 7.53. The Labute approximate surface area is 206 Å². The smallest absolute Gasteiger partial charge is 0.258 e. The number of nitrogens with zero attached hydrogens (tertiary/aromatic N) is 4. The molecule has 1 aliphatic heterocycles. The van der Waals surface area contributed by atoms with E-state index in [0.29, 0.717) is 22.9 Å². The molecule has 2 aromatic carbocycles. The van der Waals surface area contributed by atoms with Crippen LogP contribution in [-0.2, 0) is 9.59 Å². The van der Waals surface area contributed by atoms with Crippen LogP contribution in [0, 0.1) is 6.92 Å². The first-order chi connectivity index (χ1) is 17.5. The van der Waals surface area contributed by atoms with Crippen molar-refractivity contribution in [2.45, 2.75) is 6.92 Å². The van der Waals surface area contributed by atoms with E-state index in [1.807, 2.05) is 31.2 Å². The second kappa shape index (κ2) is 9.59. The van der Waals surface area contributed by atoms with E-state index in [0.717, 1.165) is 27.4 Å². The lowest BCUT2D eigenvalue weighted by Crippen LogP contribution is -2.29. The van der Waals surface area contributed by atoms with Crippen molar-refractivity contribution in [2.24, 2.45) is 0 Å². The SMILES string of the molecule is Cc1ccc(NC(=O)c2ccc(N3C(=O)C=CC3=O)cc2)cc1Nc1nccc(-c2cccnc2)n1. The number of pyridine rings is 1. The van der Waals surface area contributed by atoms with Gasteiger partial charge in [0.1, 0.15) is 0 Å². The second-order valence-electron chi connectivity index (χ2n) is 8.01. The van der Waals surface area contributed by atoms with Gasteiger partial charge >= 0.3 is 0 Å². The normalized spacial score (nSPS) is 12.6. The van der Waals surface area contributed by atoms with Gasteiger partial charge in [0, 0.05) is 53.2 Å². The third-order valence-electron chi connectivity index (χ3n) is 5.55. The Morgan fingerprint density at radius 1 is 0.917 bits per heavy atom. The zero-order valence-corrected chi connectivity index (χ0v) is 19.2. The number of rotatable bonds is 6. The number of imide groups is 1. The van der Waals surface area contributed by atoms with E-state index in [4.69, 9.17) is 0 Å². The van der Waals surface area contributed by atoms with Crippen LogP contribution in [0.4, 0.5) is 23.0 Å². The minimum absolute atomic E-state index is 0.330. The molecule has 0 saturated carbocycles. The van der Waals surface area contributed by atoms with Gasteiger partial charge in [0.25, 0.3) is 17.7 Å². The summed E-state index contributed by atoms with van der Waals surface area (Å²) in [5, 5.41) is 6.08. The van der Waals surface area contributed by atoms with Gasteiger partial charge in [-0.3, -0.25) is 19.4 Å². The zero-order valence-electron chi connectivity index (χ0n) is 19.2. The summed E-state index contributed by atoms with van der Waals surface area (Å²) < 4.78 is 0. The summed E-state index contributed by atoms with van der Waals surface area (Å²) in [7, 11) is 0. The zero-order chi connectivity index (χ0) is 25.1. The molecule has 1 aliphatic rings. The number of aryl methyl sites for hydroxylation is 1. The molecule has 2 aromatic heterocycles. The van der Waals surface area contributed by atoms with Gasteiger partial charge in [-0.2, -0.15) is 0 Å². The molecule has 2 N–H and O–H groups in total. The van der Waals surface area contributed by atoms with Crippen molar-refractivity contribution >= 4 is 40.7 Å². The first-order valence-electron chi connectivity index (χ1n) is 11.1. The van der Waals surface area contributed by atoms with Gasteiger partial charge in [-0.15, -0.1) is 0 Å². The van der Waals surface area contributed by atoms with Crippen molar-refractivity contribution in [1.29, 1.82) is 0 Å².